The summed E-state index contributed by atoms with van der Waals surface area (Å²) in [5.41, 5.74) is -0.100. The lowest BCUT2D eigenvalue weighted by molar-refractivity contribution is -0.387. The van der Waals surface area contributed by atoms with Crippen LogP contribution in [0.5, 0.6) is 0 Å². The maximum Gasteiger partial charge on any atom is 0.336 e. The van der Waals surface area contributed by atoms with Crippen molar-refractivity contribution in [1.82, 2.24) is 0 Å². The van der Waals surface area contributed by atoms with Gasteiger partial charge in [0.25, 0.3) is 5.69 Å². The molecule has 0 amide bonds. The van der Waals surface area contributed by atoms with Crippen LogP contribution >= 0.6 is 11.8 Å². The van der Waals surface area contributed by atoms with E-state index in [4.69, 9.17) is 9.15 Å². The standard InChI is InChI=1S/C19H15NO6S/c21-15-7-3-8-16(26-18(22)11-10-13-5-4-12-25-13)19(15)27-17-9-2-1-6-14(17)20(23)24/h1-2,4-6,9-12H,3,7-8H2/b11-10+. The molecule has 0 spiro atoms. The third-order valence-electron chi connectivity index (χ3n) is 3.74. The summed E-state index contributed by atoms with van der Waals surface area (Å²) in [5, 5.41) is 11.2. The number of ether oxygens (including phenoxy) is 1. The number of thioether (sulfide) groups is 1. The number of rotatable bonds is 6. The second kappa shape index (κ2) is 8.50. The van der Waals surface area contributed by atoms with Crippen molar-refractivity contribution in [1.29, 1.82) is 0 Å². The van der Waals surface area contributed by atoms with Crippen LogP contribution in [0.15, 0.2) is 68.7 Å². The number of para-hydroxylation sites is 1. The van der Waals surface area contributed by atoms with Gasteiger partial charge in [-0.3, -0.25) is 14.9 Å². The van der Waals surface area contributed by atoms with E-state index in [1.807, 2.05) is 0 Å². The summed E-state index contributed by atoms with van der Waals surface area (Å²) in [5.74, 6) is -0.0994. The quantitative estimate of drug-likeness (QED) is 0.312. The van der Waals surface area contributed by atoms with Crippen molar-refractivity contribution in [2.45, 2.75) is 24.2 Å². The summed E-state index contributed by atoms with van der Waals surface area (Å²) in [6, 6.07) is 9.51. The average molecular weight is 385 g/mol. The van der Waals surface area contributed by atoms with Crippen molar-refractivity contribution in [3.63, 3.8) is 0 Å². The van der Waals surface area contributed by atoms with Crippen molar-refractivity contribution in [2.75, 3.05) is 0 Å². The summed E-state index contributed by atoms with van der Waals surface area (Å²) in [6.45, 7) is 0. The zero-order valence-electron chi connectivity index (χ0n) is 14.1. The van der Waals surface area contributed by atoms with Crippen LogP contribution < -0.4 is 0 Å². The van der Waals surface area contributed by atoms with Gasteiger partial charge in [-0.1, -0.05) is 23.9 Å². The fourth-order valence-corrected chi connectivity index (χ4v) is 3.59. The topological polar surface area (TPSA) is 99.7 Å². The second-order valence-corrected chi connectivity index (χ2v) is 6.68. The SMILES string of the molecule is O=C(/C=C/c1ccco1)OC1=C(Sc2ccccc2[N+](=O)[O-])C(=O)CCC1. The maximum atomic E-state index is 12.3. The van der Waals surface area contributed by atoms with Crippen LogP contribution in [0.3, 0.4) is 0 Å². The Labute approximate surface area is 158 Å². The third-order valence-corrected chi connectivity index (χ3v) is 4.96. The van der Waals surface area contributed by atoms with E-state index < -0.39 is 10.9 Å². The van der Waals surface area contributed by atoms with Crippen LogP contribution in [0.25, 0.3) is 6.08 Å². The van der Waals surface area contributed by atoms with Gasteiger partial charge >= 0.3 is 5.97 Å². The molecule has 27 heavy (non-hydrogen) atoms. The number of benzene rings is 1. The van der Waals surface area contributed by atoms with Crippen molar-refractivity contribution in [3.05, 3.63) is 75.3 Å². The Hall–Kier alpha value is -3.13. The molecule has 0 bridgehead atoms. The zero-order chi connectivity index (χ0) is 19.2. The third kappa shape index (κ3) is 4.73. The minimum atomic E-state index is -0.642. The highest BCUT2D eigenvalue weighted by molar-refractivity contribution is 8.04. The predicted octanol–water partition coefficient (Wildman–Crippen LogP) is 4.50. The average Bonchev–Trinajstić information content (AvgIpc) is 3.17. The lowest BCUT2D eigenvalue weighted by atomic mass is 10.0. The molecule has 0 unspecified atom stereocenters. The summed E-state index contributed by atoms with van der Waals surface area (Å²) in [6.07, 6.45) is 5.43. The first-order valence-corrected chi connectivity index (χ1v) is 8.97. The van der Waals surface area contributed by atoms with Crippen LogP contribution in [0, 0.1) is 10.1 Å². The summed E-state index contributed by atoms with van der Waals surface area (Å²) >= 11 is 0.962. The summed E-state index contributed by atoms with van der Waals surface area (Å²) in [7, 11) is 0. The Kier molecular flexibility index (Phi) is 5.87. The van der Waals surface area contributed by atoms with Gasteiger partial charge in [-0.2, -0.15) is 0 Å². The molecule has 7 nitrogen and oxygen atoms in total. The molecule has 1 heterocycles. The van der Waals surface area contributed by atoms with Crippen molar-refractivity contribution < 1.29 is 23.7 Å². The molecule has 0 N–H and O–H groups in total. The molecule has 0 atom stereocenters. The van der Waals surface area contributed by atoms with Crippen LogP contribution in [0.4, 0.5) is 5.69 Å². The van der Waals surface area contributed by atoms with Gasteiger partial charge in [0.1, 0.15) is 11.5 Å². The van der Waals surface area contributed by atoms with E-state index >= 15 is 0 Å². The molecule has 8 heteroatoms. The number of furan rings is 1. The minimum absolute atomic E-state index is 0.100. The van der Waals surface area contributed by atoms with E-state index in [0.29, 0.717) is 29.9 Å². The first-order valence-electron chi connectivity index (χ1n) is 8.15. The number of carbonyl (C=O) groups is 2. The van der Waals surface area contributed by atoms with Crippen LogP contribution in [-0.2, 0) is 14.3 Å². The number of nitrogens with zero attached hydrogens (tertiary/aromatic N) is 1. The number of carbonyl (C=O) groups excluding carboxylic acids is 2. The molecular weight excluding hydrogens is 370 g/mol. The van der Waals surface area contributed by atoms with E-state index in [1.165, 1.54) is 24.5 Å². The monoisotopic (exact) mass is 385 g/mol. The number of ketones is 1. The van der Waals surface area contributed by atoms with E-state index in [9.17, 15) is 19.7 Å². The Morgan fingerprint density at radius 1 is 1.22 bits per heavy atom. The first-order chi connectivity index (χ1) is 13.0. The van der Waals surface area contributed by atoms with E-state index in [0.717, 1.165) is 11.8 Å². The molecule has 0 fully saturated rings. The van der Waals surface area contributed by atoms with Crippen LogP contribution in [-0.4, -0.2) is 16.7 Å². The van der Waals surface area contributed by atoms with Gasteiger partial charge in [0.15, 0.2) is 5.78 Å². The van der Waals surface area contributed by atoms with E-state index in [2.05, 4.69) is 0 Å². The molecule has 1 aromatic carbocycles. The molecule has 0 saturated carbocycles. The molecular formula is C19H15NO6S. The Bertz CT molecular complexity index is 929. The summed E-state index contributed by atoms with van der Waals surface area (Å²) in [4.78, 5) is 35.7. The van der Waals surface area contributed by atoms with Gasteiger partial charge in [0.05, 0.1) is 21.0 Å². The molecule has 1 aliphatic rings. The van der Waals surface area contributed by atoms with Gasteiger partial charge in [0, 0.05) is 25.0 Å². The molecule has 1 aromatic heterocycles. The largest absolute Gasteiger partial charge is 0.465 e. The molecule has 2 aromatic rings. The fraction of sp³-hybridized carbons (Fsp3) is 0.158. The first kappa shape index (κ1) is 18.7. The minimum Gasteiger partial charge on any atom is -0.465 e. The molecule has 1 aliphatic carbocycles. The number of Topliss-reactive ketones (excluding diaryl/α,β-unsaturated/α-hetero) is 1. The number of esters is 1. The van der Waals surface area contributed by atoms with Crippen molar-refractivity contribution >= 4 is 35.3 Å². The number of nitro benzene ring substituents is 1. The second-order valence-electron chi connectivity index (χ2n) is 5.63. The van der Waals surface area contributed by atoms with E-state index in [-0.39, 0.29) is 22.1 Å². The fourth-order valence-electron chi connectivity index (χ4n) is 2.50. The highest BCUT2D eigenvalue weighted by Crippen LogP contribution is 2.39. The number of hydrogen-bond donors (Lipinski definition) is 0. The molecule has 0 aliphatic heterocycles. The number of hydrogen-bond acceptors (Lipinski definition) is 7. The number of nitro groups is 1. The maximum absolute atomic E-state index is 12.3. The van der Waals surface area contributed by atoms with Gasteiger partial charge in [0.2, 0.25) is 0 Å². The van der Waals surface area contributed by atoms with Crippen LogP contribution in [0.1, 0.15) is 25.0 Å². The van der Waals surface area contributed by atoms with Crippen molar-refractivity contribution in [3.8, 4) is 0 Å². The lowest BCUT2D eigenvalue weighted by Gasteiger charge is -2.17. The Balaban J connectivity index is 1.83. The van der Waals surface area contributed by atoms with Gasteiger partial charge < -0.3 is 9.15 Å². The summed E-state index contributed by atoms with van der Waals surface area (Å²) < 4.78 is 10.4. The normalized spacial score (nSPS) is 14.6. The molecule has 0 radical (unpaired) electrons. The van der Waals surface area contributed by atoms with Crippen molar-refractivity contribution in [2.24, 2.45) is 0 Å². The zero-order valence-corrected chi connectivity index (χ0v) is 14.9. The molecule has 138 valence electrons. The highest BCUT2D eigenvalue weighted by atomic mass is 32.2. The number of allylic oxidation sites excluding steroid dienone is 2. The Morgan fingerprint density at radius 2 is 2.04 bits per heavy atom. The lowest BCUT2D eigenvalue weighted by Crippen LogP contribution is -2.13. The van der Waals surface area contributed by atoms with E-state index in [1.54, 1.807) is 30.3 Å². The molecule has 3 rings (SSSR count). The van der Waals surface area contributed by atoms with Gasteiger partial charge in [-0.05, 0) is 30.7 Å². The highest BCUT2D eigenvalue weighted by Gasteiger charge is 2.26. The predicted molar refractivity (Wildman–Crippen MR) is 98.7 cm³/mol. The van der Waals surface area contributed by atoms with Crippen LogP contribution in [0.2, 0.25) is 0 Å². The Morgan fingerprint density at radius 3 is 2.78 bits per heavy atom. The van der Waals surface area contributed by atoms with Gasteiger partial charge in [-0.15, -0.1) is 0 Å². The molecule has 0 saturated heterocycles. The smallest absolute Gasteiger partial charge is 0.336 e. The van der Waals surface area contributed by atoms with Gasteiger partial charge in [-0.25, -0.2) is 4.79 Å².